The molecule has 1 aliphatic rings. The number of nitrogens with zero attached hydrogens (tertiary/aromatic N) is 1. The molecule has 212 valence electrons. The number of benzene rings is 3. The summed E-state index contributed by atoms with van der Waals surface area (Å²) in [5, 5.41) is 4.87. The minimum Gasteiger partial charge on any atom is -0.494 e. The number of hydrogen-bond acceptors (Lipinski definition) is 3. The van der Waals surface area contributed by atoms with E-state index in [4.69, 9.17) is 39.5 Å². The summed E-state index contributed by atoms with van der Waals surface area (Å²) in [6.45, 7) is 0.559. The van der Waals surface area contributed by atoms with Gasteiger partial charge in [-0.15, -0.1) is 0 Å². The lowest BCUT2D eigenvalue weighted by atomic mass is 9.94. The first-order valence-electron chi connectivity index (χ1n) is 13.8. The van der Waals surface area contributed by atoms with Crippen molar-refractivity contribution >= 4 is 46.6 Å². The quantitative estimate of drug-likeness (QED) is 0.215. The zero-order valence-corrected chi connectivity index (χ0v) is 24.7. The normalized spacial score (nSPS) is 14.4. The van der Waals surface area contributed by atoms with Crippen LogP contribution in [0.25, 0.3) is 0 Å². The Bertz CT molecular complexity index is 1250. The van der Waals surface area contributed by atoms with Crippen molar-refractivity contribution in [1.29, 1.82) is 0 Å². The van der Waals surface area contributed by atoms with E-state index in [9.17, 15) is 9.59 Å². The third-order valence-electron chi connectivity index (χ3n) is 7.20. The molecule has 1 unspecified atom stereocenters. The minimum absolute atomic E-state index is 0.128. The van der Waals surface area contributed by atoms with E-state index < -0.39 is 6.04 Å². The second-order valence-corrected chi connectivity index (χ2v) is 11.5. The van der Waals surface area contributed by atoms with Crippen LogP contribution in [0.4, 0.5) is 0 Å². The highest BCUT2D eigenvalue weighted by Crippen LogP contribution is 2.25. The number of carbonyl (C=O) groups is 2. The van der Waals surface area contributed by atoms with Crippen molar-refractivity contribution < 1.29 is 14.3 Å². The van der Waals surface area contributed by atoms with Crippen LogP contribution in [0.15, 0.2) is 72.8 Å². The molecule has 4 rings (SSSR count). The molecule has 5 nitrogen and oxygen atoms in total. The van der Waals surface area contributed by atoms with Gasteiger partial charge in [0.25, 0.3) is 0 Å². The van der Waals surface area contributed by atoms with Crippen LogP contribution in [0.3, 0.4) is 0 Å². The third-order valence-corrected chi connectivity index (χ3v) is 8.03. The maximum atomic E-state index is 13.8. The Balaban J connectivity index is 1.54. The Morgan fingerprint density at radius 3 is 2.30 bits per heavy atom. The number of amides is 2. The average Bonchev–Trinajstić information content (AvgIpc) is 2.96. The minimum atomic E-state index is -0.694. The molecule has 8 heteroatoms. The molecule has 2 amide bonds. The first-order valence-corrected chi connectivity index (χ1v) is 15.0. The third kappa shape index (κ3) is 9.15. The summed E-state index contributed by atoms with van der Waals surface area (Å²) in [5.41, 5.74) is 1.72. The fourth-order valence-electron chi connectivity index (χ4n) is 5.02. The number of rotatable bonds is 12. The van der Waals surface area contributed by atoms with Crippen LogP contribution < -0.4 is 10.1 Å². The zero-order valence-electron chi connectivity index (χ0n) is 22.5. The highest BCUT2D eigenvalue weighted by atomic mass is 35.5. The molecule has 40 heavy (non-hydrogen) atoms. The van der Waals surface area contributed by atoms with Gasteiger partial charge in [0.1, 0.15) is 11.8 Å². The van der Waals surface area contributed by atoms with Gasteiger partial charge in [-0.1, -0.05) is 90.5 Å². The molecule has 0 aliphatic heterocycles. The van der Waals surface area contributed by atoms with Crippen LogP contribution in [0.5, 0.6) is 5.75 Å². The van der Waals surface area contributed by atoms with E-state index in [2.05, 4.69) is 5.32 Å². The SMILES string of the molecule is O=C(NC1CCCCC1)C(Cc1ccccc1)N(Cc1ccc(Cl)cc1Cl)C(=O)CCCOc1ccc(Cl)cc1. The van der Waals surface area contributed by atoms with Gasteiger partial charge in [-0.3, -0.25) is 9.59 Å². The summed E-state index contributed by atoms with van der Waals surface area (Å²) in [6, 6.07) is 21.6. The van der Waals surface area contributed by atoms with Crippen molar-refractivity contribution in [3.63, 3.8) is 0 Å². The van der Waals surface area contributed by atoms with Gasteiger partial charge in [-0.2, -0.15) is 0 Å². The highest BCUT2D eigenvalue weighted by Gasteiger charge is 2.32. The van der Waals surface area contributed by atoms with E-state index in [0.29, 0.717) is 40.3 Å². The van der Waals surface area contributed by atoms with Crippen molar-refractivity contribution in [1.82, 2.24) is 10.2 Å². The molecule has 0 heterocycles. The molecule has 0 radical (unpaired) electrons. The molecule has 1 saturated carbocycles. The van der Waals surface area contributed by atoms with Crippen LogP contribution in [0.1, 0.15) is 56.1 Å². The second kappa shape index (κ2) is 15.3. The Kier molecular flexibility index (Phi) is 11.6. The highest BCUT2D eigenvalue weighted by molar-refractivity contribution is 6.35. The van der Waals surface area contributed by atoms with E-state index in [1.807, 2.05) is 36.4 Å². The number of halogens is 3. The lowest BCUT2D eigenvalue weighted by Gasteiger charge is -2.33. The second-order valence-electron chi connectivity index (χ2n) is 10.2. The van der Waals surface area contributed by atoms with Crippen molar-refractivity contribution in [2.24, 2.45) is 0 Å². The van der Waals surface area contributed by atoms with Crippen LogP contribution in [0, 0.1) is 0 Å². The summed E-state index contributed by atoms with van der Waals surface area (Å²) >= 11 is 18.6. The van der Waals surface area contributed by atoms with Crippen LogP contribution >= 0.6 is 34.8 Å². The molecule has 1 N–H and O–H groups in total. The zero-order chi connectivity index (χ0) is 28.3. The molecular weight excluding hydrogens is 567 g/mol. The molecule has 1 atom stereocenters. The predicted molar refractivity (Wildman–Crippen MR) is 162 cm³/mol. The lowest BCUT2D eigenvalue weighted by Crippen LogP contribution is -2.52. The molecule has 0 saturated heterocycles. The number of nitrogens with one attached hydrogen (secondary N) is 1. The Morgan fingerprint density at radius 1 is 0.900 bits per heavy atom. The van der Waals surface area contributed by atoms with E-state index in [1.165, 1.54) is 6.42 Å². The van der Waals surface area contributed by atoms with E-state index >= 15 is 0 Å². The first kappa shape index (κ1) is 30.2. The number of carbonyl (C=O) groups excluding carboxylic acids is 2. The maximum Gasteiger partial charge on any atom is 0.243 e. The molecule has 1 fully saturated rings. The summed E-state index contributed by atoms with van der Waals surface area (Å²) in [6.07, 6.45) is 6.44. The standard InChI is InChI=1S/C32H35Cl3N2O3/c33-25-15-17-28(18-16-25)40-19-7-12-31(38)37(22-24-13-14-26(34)21-29(24)35)30(20-23-8-3-1-4-9-23)32(39)36-27-10-5-2-6-11-27/h1,3-4,8-9,13-18,21,27,30H,2,5-7,10-12,19-20,22H2,(H,36,39). The largest absolute Gasteiger partial charge is 0.494 e. The molecule has 3 aromatic rings. The predicted octanol–water partition coefficient (Wildman–Crippen LogP) is 7.89. The van der Waals surface area contributed by atoms with Crippen LogP contribution in [0.2, 0.25) is 15.1 Å². The van der Waals surface area contributed by atoms with Gasteiger partial charge < -0.3 is 15.0 Å². The average molecular weight is 602 g/mol. The van der Waals surface area contributed by atoms with E-state index in [0.717, 1.165) is 36.8 Å². The van der Waals surface area contributed by atoms with E-state index in [-0.39, 0.29) is 30.8 Å². The smallest absolute Gasteiger partial charge is 0.243 e. The van der Waals surface area contributed by atoms with Gasteiger partial charge in [0.05, 0.1) is 6.61 Å². The van der Waals surface area contributed by atoms with Crippen molar-refractivity contribution in [3.8, 4) is 5.75 Å². The molecule has 0 spiro atoms. The van der Waals surface area contributed by atoms with Crippen molar-refractivity contribution in [2.75, 3.05) is 6.61 Å². The molecule has 1 aliphatic carbocycles. The fourth-order valence-corrected chi connectivity index (χ4v) is 5.61. The summed E-state index contributed by atoms with van der Waals surface area (Å²) in [7, 11) is 0. The summed E-state index contributed by atoms with van der Waals surface area (Å²) < 4.78 is 5.80. The lowest BCUT2D eigenvalue weighted by molar-refractivity contribution is -0.141. The number of hydrogen-bond donors (Lipinski definition) is 1. The van der Waals surface area contributed by atoms with Gasteiger partial charge in [-0.25, -0.2) is 0 Å². The topological polar surface area (TPSA) is 58.6 Å². The summed E-state index contributed by atoms with van der Waals surface area (Å²) in [5.74, 6) is 0.424. The van der Waals surface area contributed by atoms with Crippen molar-refractivity contribution in [3.05, 3.63) is 99.0 Å². The van der Waals surface area contributed by atoms with Crippen LogP contribution in [-0.4, -0.2) is 35.4 Å². The van der Waals surface area contributed by atoms with Gasteiger partial charge in [0.2, 0.25) is 11.8 Å². The van der Waals surface area contributed by atoms with Gasteiger partial charge in [0, 0.05) is 40.5 Å². The first-order chi connectivity index (χ1) is 19.4. The van der Waals surface area contributed by atoms with Crippen LogP contribution in [-0.2, 0) is 22.6 Å². The fraction of sp³-hybridized carbons (Fsp3) is 0.375. The van der Waals surface area contributed by atoms with Gasteiger partial charge in [0.15, 0.2) is 0 Å². The summed E-state index contributed by atoms with van der Waals surface area (Å²) in [4.78, 5) is 29.3. The maximum absolute atomic E-state index is 13.8. The monoisotopic (exact) mass is 600 g/mol. The Hall–Kier alpha value is -2.73. The number of ether oxygens (including phenoxy) is 1. The Labute approximate surface area is 251 Å². The van der Waals surface area contributed by atoms with Gasteiger partial charge in [-0.05, 0) is 66.8 Å². The molecular formula is C32H35Cl3N2O3. The van der Waals surface area contributed by atoms with Crippen molar-refractivity contribution in [2.45, 2.75) is 70.0 Å². The Morgan fingerprint density at radius 2 is 1.60 bits per heavy atom. The molecule has 0 aromatic heterocycles. The van der Waals surface area contributed by atoms with E-state index in [1.54, 1.807) is 41.3 Å². The molecule has 3 aromatic carbocycles. The molecule has 0 bridgehead atoms. The van der Waals surface area contributed by atoms with Gasteiger partial charge >= 0.3 is 0 Å².